The normalized spacial score (nSPS) is 12.7. The zero-order chi connectivity index (χ0) is 10.8. The molecule has 2 rings (SSSR count). The van der Waals surface area contributed by atoms with Gasteiger partial charge < -0.3 is 9.84 Å². The zero-order valence-electron chi connectivity index (χ0n) is 8.77. The number of methoxy groups -OCH3 is 1. The molecule has 1 aromatic heterocycles. The van der Waals surface area contributed by atoms with Gasteiger partial charge in [0.15, 0.2) is 0 Å². The van der Waals surface area contributed by atoms with Gasteiger partial charge in [0.1, 0.15) is 5.75 Å². The molecule has 2 aromatic rings. The summed E-state index contributed by atoms with van der Waals surface area (Å²) in [5, 5.41) is 11.7. The molecule has 1 unspecified atom stereocenters. The summed E-state index contributed by atoms with van der Waals surface area (Å²) in [4.78, 5) is 4.05. The van der Waals surface area contributed by atoms with Gasteiger partial charge in [0.25, 0.3) is 0 Å². The molecule has 3 heteroatoms. The van der Waals surface area contributed by atoms with Gasteiger partial charge in [0.05, 0.1) is 13.2 Å². The molecule has 15 heavy (non-hydrogen) atoms. The van der Waals surface area contributed by atoms with Crippen LogP contribution in [0.15, 0.2) is 30.6 Å². The van der Waals surface area contributed by atoms with Gasteiger partial charge in [0.2, 0.25) is 0 Å². The Hall–Kier alpha value is -1.61. The maximum atomic E-state index is 9.73. The predicted octanol–water partition coefficient (Wildman–Crippen LogP) is 2.30. The quantitative estimate of drug-likeness (QED) is 0.814. The third-order valence-electron chi connectivity index (χ3n) is 2.46. The topological polar surface area (TPSA) is 42.4 Å². The minimum atomic E-state index is -0.550. The number of rotatable bonds is 2. The summed E-state index contributed by atoms with van der Waals surface area (Å²) in [6, 6.07) is 5.68. The van der Waals surface area contributed by atoms with E-state index in [9.17, 15) is 5.11 Å². The maximum absolute atomic E-state index is 9.73. The van der Waals surface area contributed by atoms with Crippen LogP contribution in [0.4, 0.5) is 0 Å². The number of pyridine rings is 1. The largest absolute Gasteiger partial charge is 0.496 e. The van der Waals surface area contributed by atoms with E-state index in [4.69, 9.17) is 4.74 Å². The number of hydrogen-bond donors (Lipinski definition) is 1. The Bertz CT molecular complexity index is 480. The summed E-state index contributed by atoms with van der Waals surface area (Å²) in [6.45, 7) is 1.73. The number of nitrogens with zero attached hydrogens (tertiary/aromatic N) is 1. The highest BCUT2D eigenvalue weighted by molar-refractivity contribution is 5.87. The van der Waals surface area contributed by atoms with Gasteiger partial charge in [-0.3, -0.25) is 4.98 Å². The molecule has 0 bridgehead atoms. The average Bonchev–Trinajstić information content (AvgIpc) is 2.27. The molecule has 0 saturated heterocycles. The number of aliphatic hydroxyl groups is 1. The molecule has 0 amide bonds. The van der Waals surface area contributed by atoms with Crippen molar-refractivity contribution >= 4 is 10.8 Å². The number of aromatic nitrogens is 1. The third-order valence-corrected chi connectivity index (χ3v) is 2.46. The van der Waals surface area contributed by atoms with Crippen molar-refractivity contribution in [1.29, 1.82) is 0 Å². The number of benzene rings is 1. The standard InChI is InChI=1S/C12H13NO2/c1-8(14)12-10-5-6-13-7-9(10)3-4-11(12)15-2/h3-8,14H,1-2H3. The molecule has 0 radical (unpaired) electrons. The van der Waals surface area contributed by atoms with E-state index in [2.05, 4.69) is 4.98 Å². The fourth-order valence-electron chi connectivity index (χ4n) is 1.78. The summed E-state index contributed by atoms with van der Waals surface area (Å²) < 4.78 is 5.23. The summed E-state index contributed by atoms with van der Waals surface area (Å²) in [5.41, 5.74) is 0.817. The Morgan fingerprint density at radius 3 is 2.80 bits per heavy atom. The second kappa shape index (κ2) is 3.87. The molecule has 0 saturated carbocycles. The van der Waals surface area contributed by atoms with E-state index in [-0.39, 0.29) is 0 Å². The molecule has 0 spiro atoms. The minimum absolute atomic E-state index is 0.550. The molecule has 0 aliphatic carbocycles. The van der Waals surface area contributed by atoms with Crippen LogP contribution in [-0.4, -0.2) is 17.2 Å². The summed E-state index contributed by atoms with van der Waals surface area (Å²) in [5.74, 6) is 0.712. The van der Waals surface area contributed by atoms with Crippen molar-refractivity contribution in [2.45, 2.75) is 13.0 Å². The van der Waals surface area contributed by atoms with Crippen LogP contribution >= 0.6 is 0 Å². The number of aliphatic hydroxyl groups excluding tert-OH is 1. The van der Waals surface area contributed by atoms with Crippen molar-refractivity contribution in [3.63, 3.8) is 0 Å². The van der Waals surface area contributed by atoms with E-state index in [1.54, 1.807) is 26.4 Å². The van der Waals surface area contributed by atoms with Crippen LogP contribution in [-0.2, 0) is 0 Å². The van der Waals surface area contributed by atoms with Crippen molar-refractivity contribution in [2.24, 2.45) is 0 Å². The van der Waals surface area contributed by atoms with Crippen LogP contribution in [0, 0.1) is 0 Å². The number of ether oxygens (including phenoxy) is 1. The molecule has 1 N–H and O–H groups in total. The first-order chi connectivity index (χ1) is 7.24. The highest BCUT2D eigenvalue weighted by Crippen LogP contribution is 2.32. The molecular weight excluding hydrogens is 190 g/mol. The Kier molecular flexibility index (Phi) is 2.56. The smallest absolute Gasteiger partial charge is 0.125 e. The Morgan fingerprint density at radius 1 is 1.33 bits per heavy atom. The summed E-state index contributed by atoms with van der Waals surface area (Å²) >= 11 is 0. The van der Waals surface area contributed by atoms with Crippen molar-refractivity contribution in [3.05, 3.63) is 36.2 Å². The first-order valence-corrected chi connectivity index (χ1v) is 4.82. The van der Waals surface area contributed by atoms with Gasteiger partial charge in [-0.1, -0.05) is 0 Å². The third kappa shape index (κ3) is 1.66. The van der Waals surface area contributed by atoms with Crippen LogP contribution in [0.3, 0.4) is 0 Å². The number of hydrogen-bond acceptors (Lipinski definition) is 3. The first kappa shape index (κ1) is 9.93. The van der Waals surface area contributed by atoms with Crippen molar-refractivity contribution < 1.29 is 9.84 Å². The van der Waals surface area contributed by atoms with Gasteiger partial charge in [-0.15, -0.1) is 0 Å². The SMILES string of the molecule is COc1ccc2cnccc2c1C(C)O. The molecule has 0 aliphatic rings. The lowest BCUT2D eigenvalue weighted by atomic mass is 10.0. The van der Waals surface area contributed by atoms with Gasteiger partial charge in [-0.2, -0.15) is 0 Å². The monoisotopic (exact) mass is 203 g/mol. The minimum Gasteiger partial charge on any atom is -0.496 e. The van der Waals surface area contributed by atoms with Gasteiger partial charge in [-0.05, 0) is 30.5 Å². The molecule has 0 aliphatic heterocycles. The van der Waals surface area contributed by atoms with Crippen LogP contribution in [0.1, 0.15) is 18.6 Å². The molecule has 1 heterocycles. The van der Waals surface area contributed by atoms with Crippen LogP contribution in [0.25, 0.3) is 10.8 Å². The van der Waals surface area contributed by atoms with E-state index >= 15 is 0 Å². The van der Waals surface area contributed by atoms with Crippen LogP contribution < -0.4 is 4.74 Å². The first-order valence-electron chi connectivity index (χ1n) is 4.82. The van der Waals surface area contributed by atoms with Crippen molar-refractivity contribution in [3.8, 4) is 5.75 Å². The number of fused-ring (bicyclic) bond motifs is 1. The van der Waals surface area contributed by atoms with E-state index in [0.29, 0.717) is 5.75 Å². The molecule has 0 fully saturated rings. The highest BCUT2D eigenvalue weighted by Gasteiger charge is 2.12. The Labute approximate surface area is 88.3 Å². The van der Waals surface area contributed by atoms with E-state index in [1.807, 2.05) is 18.2 Å². The maximum Gasteiger partial charge on any atom is 0.125 e. The lowest BCUT2D eigenvalue weighted by molar-refractivity contribution is 0.196. The van der Waals surface area contributed by atoms with E-state index in [1.165, 1.54) is 0 Å². The summed E-state index contributed by atoms with van der Waals surface area (Å²) in [6.07, 6.45) is 2.94. The molecule has 3 nitrogen and oxygen atoms in total. The second-order valence-electron chi connectivity index (χ2n) is 3.45. The highest BCUT2D eigenvalue weighted by atomic mass is 16.5. The fourth-order valence-corrected chi connectivity index (χ4v) is 1.78. The van der Waals surface area contributed by atoms with Gasteiger partial charge >= 0.3 is 0 Å². The van der Waals surface area contributed by atoms with E-state index < -0.39 is 6.10 Å². The van der Waals surface area contributed by atoms with Gasteiger partial charge in [0, 0.05) is 23.3 Å². The molecule has 78 valence electrons. The lowest BCUT2D eigenvalue weighted by Gasteiger charge is -2.13. The lowest BCUT2D eigenvalue weighted by Crippen LogP contribution is -1.97. The van der Waals surface area contributed by atoms with Crippen LogP contribution in [0.2, 0.25) is 0 Å². The van der Waals surface area contributed by atoms with Crippen molar-refractivity contribution in [2.75, 3.05) is 7.11 Å². The molecular formula is C12H13NO2. The molecule has 1 atom stereocenters. The Balaban J connectivity index is 2.79. The van der Waals surface area contributed by atoms with Gasteiger partial charge in [-0.25, -0.2) is 0 Å². The van der Waals surface area contributed by atoms with Crippen LogP contribution in [0.5, 0.6) is 5.75 Å². The van der Waals surface area contributed by atoms with Crippen molar-refractivity contribution in [1.82, 2.24) is 4.98 Å². The fraction of sp³-hybridized carbons (Fsp3) is 0.250. The summed E-state index contributed by atoms with van der Waals surface area (Å²) in [7, 11) is 1.61. The second-order valence-corrected chi connectivity index (χ2v) is 3.45. The molecule has 1 aromatic carbocycles. The zero-order valence-corrected chi connectivity index (χ0v) is 8.77. The predicted molar refractivity (Wildman–Crippen MR) is 58.9 cm³/mol. The Morgan fingerprint density at radius 2 is 2.13 bits per heavy atom. The average molecular weight is 203 g/mol. The van der Waals surface area contributed by atoms with E-state index in [0.717, 1.165) is 16.3 Å².